The largest absolute Gasteiger partial charge is 0.379 e. The van der Waals surface area contributed by atoms with E-state index in [1.807, 2.05) is 0 Å². The number of hydrogen-bond acceptors (Lipinski definition) is 2. The van der Waals surface area contributed by atoms with Crippen LogP contribution in [-0.2, 0) is 4.74 Å². The van der Waals surface area contributed by atoms with Gasteiger partial charge >= 0.3 is 0 Å². The SMILES string of the molecule is COC(C)(C)CCC1(C(C)N)CC1. The highest BCUT2D eigenvalue weighted by Gasteiger charge is 2.45. The van der Waals surface area contributed by atoms with Crippen LogP contribution in [0.5, 0.6) is 0 Å². The first-order chi connectivity index (χ1) is 5.92. The van der Waals surface area contributed by atoms with Crippen LogP contribution in [0.4, 0.5) is 0 Å². The molecule has 0 aromatic carbocycles. The van der Waals surface area contributed by atoms with Gasteiger partial charge in [-0.3, -0.25) is 0 Å². The smallest absolute Gasteiger partial charge is 0.0623 e. The third-order valence-electron chi connectivity index (χ3n) is 3.64. The van der Waals surface area contributed by atoms with Gasteiger partial charge < -0.3 is 10.5 Å². The highest BCUT2D eigenvalue weighted by Crippen LogP contribution is 2.52. The monoisotopic (exact) mass is 185 g/mol. The van der Waals surface area contributed by atoms with Crippen molar-refractivity contribution in [2.75, 3.05) is 7.11 Å². The van der Waals surface area contributed by atoms with Crippen molar-refractivity contribution >= 4 is 0 Å². The predicted octanol–water partition coefficient (Wildman–Crippen LogP) is 2.32. The van der Waals surface area contributed by atoms with Crippen LogP contribution in [0.25, 0.3) is 0 Å². The van der Waals surface area contributed by atoms with Gasteiger partial charge in [0.15, 0.2) is 0 Å². The first-order valence-electron chi connectivity index (χ1n) is 5.23. The topological polar surface area (TPSA) is 35.2 Å². The van der Waals surface area contributed by atoms with E-state index in [0.29, 0.717) is 11.5 Å². The number of hydrogen-bond donors (Lipinski definition) is 1. The maximum atomic E-state index is 5.96. The molecule has 0 aromatic rings. The average Bonchev–Trinajstić information content (AvgIpc) is 2.82. The number of methoxy groups -OCH3 is 1. The number of rotatable bonds is 5. The van der Waals surface area contributed by atoms with Crippen LogP contribution in [0.2, 0.25) is 0 Å². The van der Waals surface area contributed by atoms with E-state index in [4.69, 9.17) is 10.5 Å². The van der Waals surface area contributed by atoms with Crippen molar-refractivity contribution in [3.05, 3.63) is 0 Å². The van der Waals surface area contributed by atoms with Crippen LogP contribution in [-0.4, -0.2) is 18.8 Å². The average molecular weight is 185 g/mol. The van der Waals surface area contributed by atoms with Gasteiger partial charge in [0.25, 0.3) is 0 Å². The van der Waals surface area contributed by atoms with Crippen molar-refractivity contribution in [2.45, 2.75) is 58.1 Å². The minimum Gasteiger partial charge on any atom is -0.379 e. The first kappa shape index (κ1) is 11.0. The fourth-order valence-electron chi connectivity index (χ4n) is 1.75. The molecule has 2 heteroatoms. The van der Waals surface area contributed by atoms with Crippen molar-refractivity contribution in [3.8, 4) is 0 Å². The molecule has 0 spiro atoms. The Labute approximate surface area is 81.8 Å². The van der Waals surface area contributed by atoms with Gasteiger partial charge in [0, 0.05) is 13.2 Å². The van der Waals surface area contributed by atoms with E-state index in [0.717, 1.165) is 6.42 Å². The molecule has 0 bridgehead atoms. The van der Waals surface area contributed by atoms with Gasteiger partial charge in [0.05, 0.1) is 5.60 Å². The molecule has 0 radical (unpaired) electrons. The molecule has 0 heterocycles. The summed E-state index contributed by atoms with van der Waals surface area (Å²) in [6, 6.07) is 0.347. The van der Waals surface area contributed by atoms with Crippen LogP contribution in [0.3, 0.4) is 0 Å². The van der Waals surface area contributed by atoms with Crippen LogP contribution < -0.4 is 5.73 Å². The molecule has 1 aliphatic carbocycles. The summed E-state index contributed by atoms with van der Waals surface area (Å²) in [5.41, 5.74) is 6.44. The Morgan fingerprint density at radius 2 is 2.00 bits per heavy atom. The molecule has 1 atom stereocenters. The van der Waals surface area contributed by atoms with Gasteiger partial charge in [-0.15, -0.1) is 0 Å². The summed E-state index contributed by atoms with van der Waals surface area (Å²) < 4.78 is 5.40. The molecule has 78 valence electrons. The minimum absolute atomic E-state index is 0.0183. The Bertz CT molecular complexity index is 171. The highest BCUT2D eigenvalue weighted by molar-refractivity contribution is 4.99. The molecule has 2 N–H and O–H groups in total. The van der Waals surface area contributed by atoms with E-state index in [2.05, 4.69) is 20.8 Å². The second-order valence-corrected chi connectivity index (χ2v) is 5.11. The third kappa shape index (κ3) is 2.68. The maximum Gasteiger partial charge on any atom is 0.0623 e. The molecule has 0 amide bonds. The summed E-state index contributed by atoms with van der Waals surface area (Å²) >= 11 is 0. The lowest BCUT2D eigenvalue weighted by atomic mass is 9.88. The quantitative estimate of drug-likeness (QED) is 0.713. The Morgan fingerprint density at radius 1 is 1.46 bits per heavy atom. The molecule has 1 aliphatic rings. The van der Waals surface area contributed by atoms with Gasteiger partial charge in [0.2, 0.25) is 0 Å². The molecule has 13 heavy (non-hydrogen) atoms. The van der Waals surface area contributed by atoms with Crippen molar-refractivity contribution in [3.63, 3.8) is 0 Å². The molecule has 1 fully saturated rings. The van der Waals surface area contributed by atoms with Crippen molar-refractivity contribution in [2.24, 2.45) is 11.1 Å². The van der Waals surface area contributed by atoms with Crippen molar-refractivity contribution < 1.29 is 4.74 Å². The zero-order valence-electron chi connectivity index (χ0n) is 9.39. The molecular formula is C11H23NO. The zero-order chi connectivity index (χ0) is 10.1. The van der Waals surface area contributed by atoms with Crippen LogP contribution in [0, 0.1) is 5.41 Å². The molecule has 1 saturated carbocycles. The maximum absolute atomic E-state index is 5.96. The predicted molar refractivity (Wildman–Crippen MR) is 55.6 cm³/mol. The summed E-state index contributed by atoms with van der Waals surface area (Å²) in [5, 5.41) is 0. The normalized spacial score (nSPS) is 22.8. The fourth-order valence-corrected chi connectivity index (χ4v) is 1.75. The van der Waals surface area contributed by atoms with Crippen LogP contribution in [0.1, 0.15) is 46.5 Å². The van der Waals surface area contributed by atoms with Gasteiger partial charge in [-0.1, -0.05) is 0 Å². The fraction of sp³-hybridized carbons (Fsp3) is 1.00. The summed E-state index contributed by atoms with van der Waals surface area (Å²) in [6.45, 7) is 6.42. The van der Waals surface area contributed by atoms with E-state index < -0.39 is 0 Å². The van der Waals surface area contributed by atoms with Crippen LogP contribution >= 0.6 is 0 Å². The third-order valence-corrected chi connectivity index (χ3v) is 3.64. The molecule has 2 nitrogen and oxygen atoms in total. The van der Waals surface area contributed by atoms with E-state index in [1.165, 1.54) is 19.3 Å². The second kappa shape index (κ2) is 3.58. The lowest BCUT2D eigenvalue weighted by Crippen LogP contribution is -2.31. The number of ether oxygens (including phenoxy) is 1. The van der Waals surface area contributed by atoms with Crippen molar-refractivity contribution in [1.82, 2.24) is 0 Å². The molecular weight excluding hydrogens is 162 g/mol. The summed E-state index contributed by atoms with van der Waals surface area (Å²) in [5.74, 6) is 0. The Morgan fingerprint density at radius 3 is 2.31 bits per heavy atom. The minimum atomic E-state index is 0.0183. The van der Waals surface area contributed by atoms with Gasteiger partial charge in [-0.25, -0.2) is 0 Å². The van der Waals surface area contributed by atoms with Gasteiger partial charge in [-0.2, -0.15) is 0 Å². The van der Waals surface area contributed by atoms with Gasteiger partial charge in [0.1, 0.15) is 0 Å². The Kier molecular flexibility index (Phi) is 3.03. The van der Waals surface area contributed by atoms with E-state index >= 15 is 0 Å². The molecule has 1 rings (SSSR count). The lowest BCUT2D eigenvalue weighted by Gasteiger charge is -2.27. The zero-order valence-corrected chi connectivity index (χ0v) is 9.39. The molecule has 0 aromatic heterocycles. The van der Waals surface area contributed by atoms with E-state index in [9.17, 15) is 0 Å². The Balaban J connectivity index is 2.34. The number of nitrogens with two attached hydrogens (primary N) is 1. The van der Waals surface area contributed by atoms with Crippen LogP contribution in [0.15, 0.2) is 0 Å². The Hall–Kier alpha value is -0.0800. The van der Waals surface area contributed by atoms with Crippen molar-refractivity contribution in [1.29, 1.82) is 0 Å². The molecule has 0 saturated heterocycles. The highest BCUT2D eigenvalue weighted by atomic mass is 16.5. The van der Waals surface area contributed by atoms with E-state index in [-0.39, 0.29) is 5.60 Å². The standard InChI is InChI=1S/C11H23NO/c1-9(12)11(7-8-11)6-5-10(2,3)13-4/h9H,5-8,12H2,1-4H3. The summed E-state index contributed by atoms with van der Waals surface area (Å²) in [4.78, 5) is 0. The lowest BCUT2D eigenvalue weighted by molar-refractivity contribution is 0.00844. The van der Waals surface area contributed by atoms with Gasteiger partial charge in [-0.05, 0) is 51.9 Å². The second-order valence-electron chi connectivity index (χ2n) is 5.11. The first-order valence-corrected chi connectivity index (χ1v) is 5.23. The summed E-state index contributed by atoms with van der Waals surface area (Å²) in [6.07, 6.45) is 4.95. The summed E-state index contributed by atoms with van der Waals surface area (Å²) in [7, 11) is 1.78. The molecule has 0 aliphatic heterocycles. The molecule has 1 unspecified atom stereocenters. The van der Waals surface area contributed by atoms with E-state index in [1.54, 1.807) is 7.11 Å².